The highest BCUT2D eigenvalue weighted by molar-refractivity contribution is 5.24. The molecule has 1 aromatic rings. The highest BCUT2D eigenvalue weighted by Gasteiger charge is 2.41. The van der Waals surface area contributed by atoms with E-state index in [4.69, 9.17) is 4.74 Å². The molecule has 0 bridgehead atoms. The van der Waals surface area contributed by atoms with Crippen LogP contribution in [0.4, 0.5) is 0 Å². The lowest BCUT2D eigenvalue weighted by molar-refractivity contribution is -0.134. The van der Waals surface area contributed by atoms with E-state index in [-0.39, 0.29) is 5.60 Å². The number of hydrogen-bond acceptors (Lipinski definition) is 3. The Kier molecular flexibility index (Phi) is 4.32. The van der Waals surface area contributed by atoms with E-state index in [1.54, 1.807) is 0 Å². The molecule has 1 aliphatic heterocycles. The van der Waals surface area contributed by atoms with Crippen LogP contribution in [0.1, 0.15) is 68.0 Å². The third-order valence-corrected chi connectivity index (χ3v) is 5.33. The second kappa shape index (κ2) is 6.05. The zero-order valence-electron chi connectivity index (χ0n) is 13.3. The van der Waals surface area contributed by atoms with Crippen molar-refractivity contribution in [3.05, 3.63) is 29.1 Å². The topological polar surface area (TPSA) is 42.4 Å². The molecule has 2 atom stereocenters. The number of hydrogen-bond donors (Lipinski definition) is 1. The number of aryl methyl sites for hydroxylation is 2. The van der Waals surface area contributed by atoms with Crippen molar-refractivity contribution in [2.24, 2.45) is 5.92 Å². The lowest BCUT2D eigenvalue weighted by Gasteiger charge is -2.44. The summed E-state index contributed by atoms with van der Waals surface area (Å²) in [5.74, 6) is 0.306. The van der Waals surface area contributed by atoms with Gasteiger partial charge in [0.1, 0.15) is 0 Å². The number of pyridine rings is 1. The molecule has 2 unspecified atom stereocenters. The summed E-state index contributed by atoms with van der Waals surface area (Å²) in [6.45, 7) is 4.79. The molecule has 116 valence electrons. The summed E-state index contributed by atoms with van der Waals surface area (Å²) < 4.78 is 6.15. The molecular weight excluding hydrogens is 262 g/mol. The monoisotopic (exact) mass is 289 g/mol. The van der Waals surface area contributed by atoms with Gasteiger partial charge in [-0.2, -0.15) is 0 Å². The summed E-state index contributed by atoms with van der Waals surface area (Å²) in [4.78, 5) is 4.50. The molecule has 3 nitrogen and oxygen atoms in total. The maximum atomic E-state index is 10.8. The van der Waals surface area contributed by atoms with Crippen LogP contribution in [0.5, 0.6) is 0 Å². The van der Waals surface area contributed by atoms with Gasteiger partial charge in [-0.15, -0.1) is 0 Å². The van der Waals surface area contributed by atoms with Gasteiger partial charge in [0.15, 0.2) is 0 Å². The Morgan fingerprint density at radius 3 is 2.71 bits per heavy atom. The molecule has 0 amide bonds. The lowest BCUT2D eigenvalue weighted by atomic mass is 9.73. The fourth-order valence-corrected chi connectivity index (χ4v) is 4.14. The Hall–Kier alpha value is -0.930. The fourth-order valence-electron chi connectivity index (χ4n) is 4.14. The molecule has 3 rings (SSSR count). The van der Waals surface area contributed by atoms with Crippen molar-refractivity contribution >= 4 is 0 Å². The van der Waals surface area contributed by atoms with E-state index in [1.165, 1.54) is 32.1 Å². The average molecular weight is 289 g/mol. The molecule has 1 saturated carbocycles. The predicted octanol–water partition coefficient (Wildman–Crippen LogP) is 3.86. The standard InChI is InChI=1S/C18H27NO2/c1-13-6-7-16(14(2)19-13)17(20)15-8-11-21-18(12-15)9-4-3-5-10-18/h6-7,15,17,20H,3-5,8-12H2,1-2H3. The number of ether oxygens (including phenoxy) is 1. The van der Waals surface area contributed by atoms with Gasteiger partial charge in [0.25, 0.3) is 0 Å². The Labute approximate surface area is 127 Å². The van der Waals surface area contributed by atoms with Crippen molar-refractivity contribution in [3.63, 3.8) is 0 Å². The molecule has 2 fully saturated rings. The van der Waals surface area contributed by atoms with Gasteiger partial charge >= 0.3 is 0 Å². The van der Waals surface area contributed by atoms with Crippen LogP contribution in [0.2, 0.25) is 0 Å². The molecule has 1 aromatic heterocycles. The molecule has 1 spiro atoms. The fraction of sp³-hybridized carbons (Fsp3) is 0.722. The van der Waals surface area contributed by atoms with Crippen LogP contribution in [-0.4, -0.2) is 22.3 Å². The van der Waals surface area contributed by atoms with E-state index in [1.807, 2.05) is 26.0 Å². The van der Waals surface area contributed by atoms with Gasteiger partial charge in [0, 0.05) is 23.6 Å². The first-order valence-corrected chi connectivity index (χ1v) is 8.36. The maximum Gasteiger partial charge on any atom is 0.0837 e. The van der Waals surface area contributed by atoms with Gasteiger partial charge in [-0.1, -0.05) is 25.3 Å². The third kappa shape index (κ3) is 3.14. The molecule has 0 aromatic carbocycles. The van der Waals surface area contributed by atoms with E-state index in [2.05, 4.69) is 4.98 Å². The molecular formula is C18H27NO2. The Morgan fingerprint density at radius 2 is 2.00 bits per heavy atom. The van der Waals surface area contributed by atoms with Crippen molar-refractivity contribution in [2.45, 2.75) is 70.5 Å². The maximum absolute atomic E-state index is 10.8. The minimum Gasteiger partial charge on any atom is -0.388 e. The van der Waals surface area contributed by atoms with Crippen LogP contribution < -0.4 is 0 Å². The first kappa shape index (κ1) is 15.0. The van der Waals surface area contributed by atoms with E-state index >= 15 is 0 Å². The number of rotatable bonds is 2. The smallest absolute Gasteiger partial charge is 0.0837 e. The molecule has 2 heterocycles. The van der Waals surface area contributed by atoms with Crippen LogP contribution in [0, 0.1) is 19.8 Å². The largest absolute Gasteiger partial charge is 0.388 e. The van der Waals surface area contributed by atoms with Crippen molar-refractivity contribution in [1.82, 2.24) is 4.98 Å². The first-order valence-electron chi connectivity index (χ1n) is 8.36. The highest BCUT2D eigenvalue weighted by atomic mass is 16.5. The number of aliphatic hydroxyl groups is 1. The summed E-state index contributed by atoms with van der Waals surface area (Å²) in [5, 5.41) is 10.8. The normalized spacial score (nSPS) is 26.7. The Morgan fingerprint density at radius 1 is 1.24 bits per heavy atom. The van der Waals surface area contributed by atoms with Crippen molar-refractivity contribution in [1.29, 1.82) is 0 Å². The number of aromatic nitrogens is 1. The second-order valence-electron chi connectivity index (χ2n) is 6.92. The number of aliphatic hydroxyl groups excluding tert-OH is 1. The molecule has 0 radical (unpaired) electrons. The quantitative estimate of drug-likeness (QED) is 0.899. The molecule has 1 saturated heterocycles. The molecule has 2 aliphatic rings. The van der Waals surface area contributed by atoms with E-state index in [9.17, 15) is 5.11 Å². The summed E-state index contributed by atoms with van der Waals surface area (Å²) in [6, 6.07) is 4.05. The zero-order valence-corrected chi connectivity index (χ0v) is 13.3. The average Bonchev–Trinajstić information content (AvgIpc) is 2.47. The van der Waals surface area contributed by atoms with Gasteiger partial charge in [0.05, 0.1) is 11.7 Å². The SMILES string of the molecule is Cc1ccc(C(O)C2CCOC3(CCCCC3)C2)c(C)n1. The summed E-state index contributed by atoms with van der Waals surface area (Å²) >= 11 is 0. The highest BCUT2D eigenvalue weighted by Crippen LogP contribution is 2.44. The van der Waals surface area contributed by atoms with Crippen LogP contribution in [0.15, 0.2) is 12.1 Å². The number of nitrogens with zero attached hydrogens (tertiary/aromatic N) is 1. The third-order valence-electron chi connectivity index (χ3n) is 5.33. The van der Waals surface area contributed by atoms with E-state index in [0.717, 1.165) is 36.4 Å². The minimum atomic E-state index is -0.402. The lowest BCUT2D eigenvalue weighted by Crippen LogP contribution is -2.42. The van der Waals surface area contributed by atoms with Crippen molar-refractivity contribution in [3.8, 4) is 0 Å². The summed E-state index contributed by atoms with van der Waals surface area (Å²) in [7, 11) is 0. The Bertz CT molecular complexity index is 488. The summed E-state index contributed by atoms with van der Waals surface area (Å²) in [6.07, 6.45) is 7.77. The Balaban J connectivity index is 1.76. The molecule has 3 heteroatoms. The van der Waals surface area contributed by atoms with E-state index < -0.39 is 6.10 Å². The molecule has 21 heavy (non-hydrogen) atoms. The van der Waals surface area contributed by atoms with Crippen LogP contribution >= 0.6 is 0 Å². The molecule has 1 N–H and O–H groups in total. The van der Waals surface area contributed by atoms with Crippen LogP contribution in [0.25, 0.3) is 0 Å². The van der Waals surface area contributed by atoms with Gasteiger partial charge < -0.3 is 9.84 Å². The van der Waals surface area contributed by atoms with Gasteiger partial charge in [-0.05, 0) is 51.5 Å². The van der Waals surface area contributed by atoms with Crippen molar-refractivity contribution < 1.29 is 9.84 Å². The minimum absolute atomic E-state index is 0.0498. The van der Waals surface area contributed by atoms with Crippen LogP contribution in [0.3, 0.4) is 0 Å². The predicted molar refractivity (Wildman–Crippen MR) is 83.2 cm³/mol. The first-order chi connectivity index (χ1) is 10.1. The van der Waals surface area contributed by atoms with Gasteiger partial charge in [-0.25, -0.2) is 0 Å². The van der Waals surface area contributed by atoms with Gasteiger partial charge in [-0.3, -0.25) is 4.98 Å². The second-order valence-corrected chi connectivity index (χ2v) is 6.92. The van der Waals surface area contributed by atoms with Crippen LogP contribution in [-0.2, 0) is 4.74 Å². The summed E-state index contributed by atoms with van der Waals surface area (Å²) in [5.41, 5.74) is 3.03. The molecule has 1 aliphatic carbocycles. The zero-order chi connectivity index (χ0) is 14.9. The van der Waals surface area contributed by atoms with E-state index in [0.29, 0.717) is 5.92 Å². The van der Waals surface area contributed by atoms with Crippen molar-refractivity contribution in [2.75, 3.05) is 6.61 Å². The van der Waals surface area contributed by atoms with Gasteiger partial charge in [0.2, 0.25) is 0 Å².